The number of hydrogen-bond donors (Lipinski definition) is 0. The summed E-state index contributed by atoms with van der Waals surface area (Å²) in [5, 5.41) is 0. The van der Waals surface area contributed by atoms with Gasteiger partial charge in [0.05, 0.1) is 0 Å². The van der Waals surface area contributed by atoms with Crippen molar-refractivity contribution in [2.45, 2.75) is 13.8 Å². The minimum Gasteiger partial charge on any atom is -0.115 e. The van der Waals surface area contributed by atoms with Crippen LogP contribution in [0.2, 0.25) is 0 Å². The highest BCUT2D eigenvalue weighted by Gasteiger charge is 2.00. The van der Waals surface area contributed by atoms with Gasteiger partial charge in [-0.1, -0.05) is 21.9 Å². The minimum absolute atomic E-state index is 0.978. The molecule has 56 valence electrons. The average molecular weight is 209 g/mol. The lowest BCUT2D eigenvalue weighted by Gasteiger charge is -2.04. The van der Waals surface area contributed by atoms with Crippen molar-refractivity contribution in [2.24, 2.45) is 0 Å². The molecule has 0 bridgehead atoms. The molecule has 0 amide bonds. The van der Waals surface area contributed by atoms with Crippen molar-refractivity contribution in [3.8, 4) is 12.3 Å². The SMILES string of the molecule is C#Cc1ccc(Br)c(C)c1C. The third-order valence-electron chi connectivity index (χ3n) is 1.88. The number of terminal acetylenes is 1. The summed E-state index contributed by atoms with van der Waals surface area (Å²) in [6.45, 7) is 4.09. The Balaban J connectivity index is 3.40. The molecule has 0 saturated carbocycles. The van der Waals surface area contributed by atoms with Gasteiger partial charge in [0.25, 0.3) is 0 Å². The number of rotatable bonds is 0. The summed E-state index contributed by atoms with van der Waals surface area (Å²) < 4.78 is 1.12. The van der Waals surface area contributed by atoms with E-state index >= 15 is 0 Å². The van der Waals surface area contributed by atoms with E-state index in [2.05, 4.69) is 28.8 Å². The van der Waals surface area contributed by atoms with Crippen LogP contribution in [0, 0.1) is 26.2 Å². The van der Waals surface area contributed by atoms with Gasteiger partial charge in [0.2, 0.25) is 0 Å². The van der Waals surface area contributed by atoms with Gasteiger partial charge in [-0.3, -0.25) is 0 Å². The zero-order valence-electron chi connectivity index (χ0n) is 6.61. The van der Waals surface area contributed by atoms with Crippen LogP contribution in [0.1, 0.15) is 16.7 Å². The molecule has 0 aromatic heterocycles. The van der Waals surface area contributed by atoms with Crippen LogP contribution in [0.25, 0.3) is 0 Å². The summed E-state index contributed by atoms with van der Waals surface area (Å²) >= 11 is 3.44. The van der Waals surface area contributed by atoms with Crippen LogP contribution in [0.15, 0.2) is 16.6 Å². The van der Waals surface area contributed by atoms with Crippen LogP contribution in [0.3, 0.4) is 0 Å². The average Bonchev–Trinajstić information content (AvgIpc) is 2.01. The van der Waals surface area contributed by atoms with E-state index in [1.807, 2.05) is 19.1 Å². The Hall–Kier alpha value is -0.740. The summed E-state index contributed by atoms with van der Waals surface area (Å²) in [7, 11) is 0. The first kappa shape index (κ1) is 8.36. The molecule has 0 aliphatic rings. The first-order valence-electron chi connectivity index (χ1n) is 3.39. The van der Waals surface area contributed by atoms with Crippen molar-refractivity contribution >= 4 is 15.9 Å². The van der Waals surface area contributed by atoms with Crippen LogP contribution >= 0.6 is 15.9 Å². The van der Waals surface area contributed by atoms with E-state index < -0.39 is 0 Å². The highest BCUT2D eigenvalue weighted by atomic mass is 79.9. The maximum atomic E-state index is 5.30. The molecule has 0 atom stereocenters. The molecule has 0 N–H and O–H groups in total. The van der Waals surface area contributed by atoms with Crippen LogP contribution in [-0.4, -0.2) is 0 Å². The molecule has 1 aromatic carbocycles. The zero-order chi connectivity index (χ0) is 8.43. The molecule has 0 aliphatic carbocycles. The monoisotopic (exact) mass is 208 g/mol. The molecule has 0 heterocycles. The van der Waals surface area contributed by atoms with Crippen LogP contribution in [0.5, 0.6) is 0 Å². The Morgan fingerprint density at radius 2 is 1.91 bits per heavy atom. The zero-order valence-corrected chi connectivity index (χ0v) is 8.20. The molecular weight excluding hydrogens is 200 g/mol. The highest BCUT2D eigenvalue weighted by Crippen LogP contribution is 2.21. The van der Waals surface area contributed by atoms with E-state index in [1.54, 1.807) is 0 Å². The molecule has 0 radical (unpaired) electrons. The Bertz CT molecular complexity index is 318. The lowest BCUT2D eigenvalue weighted by atomic mass is 10.0. The predicted molar refractivity (Wildman–Crippen MR) is 51.6 cm³/mol. The molecular formula is C10H9Br. The second kappa shape index (κ2) is 3.11. The van der Waals surface area contributed by atoms with Crippen molar-refractivity contribution in [2.75, 3.05) is 0 Å². The Morgan fingerprint density at radius 3 is 2.45 bits per heavy atom. The van der Waals surface area contributed by atoms with Gasteiger partial charge in [-0.25, -0.2) is 0 Å². The summed E-state index contributed by atoms with van der Waals surface area (Å²) in [5.41, 5.74) is 3.38. The first-order valence-corrected chi connectivity index (χ1v) is 4.18. The number of benzene rings is 1. The van der Waals surface area contributed by atoms with Gasteiger partial charge in [-0.05, 0) is 37.1 Å². The van der Waals surface area contributed by atoms with Crippen molar-refractivity contribution in [3.05, 3.63) is 33.3 Å². The largest absolute Gasteiger partial charge is 0.115 e. The predicted octanol–water partition coefficient (Wildman–Crippen LogP) is 3.05. The topological polar surface area (TPSA) is 0 Å². The van der Waals surface area contributed by atoms with Gasteiger partial charge < -0.3 is 0 Å². The maximum Gasteiger partial charge on any atom is 0.0275 e. The Labute approximate surface area is 75.8 Å². The van der Waals surface area contributed by atoms with Gasteiger partial charge >= 0.3 is 0 Å². The van der Waals surface area contributed by atoms with Crippen molar-refractivity contribution < 1.29 is 0 Å². The van der Waals surface area contributed by atoms with Crippen LogP contribution in [0.4, 0.5) is 0 Å². The van der Waals surface area contributed by atoms with Gasteiger partial charge in [0.15, 0.2) is 0 Å². The standard InChI is InChI=1S/C10H9Br/c1-4-9-5-6-10(11)8(3)7(9)2/h1,5-6H,2-3H3. The smallest absolute Gasteiger partial charge is 0.0275 e. The fourth-order valence-corrected chi connectivity index (χ4v) is 1.37. The fraction of sp³-hybridized carbons (Fsp3) is 0.200. The molecule has 1 heteroatoms. The molecule has 0 fully saturated rings. The van der Waals surface area contributed by atoms with Crippen molar-refractivity contribution in [1.29, 1.82) is 0 Å². The van der Waals surface area contributed by atoms with Crippen molar-refractivity contribution in [1.82, 2.24) is 0 Å². The highest BCUT2D eigenvalue weighted by molar-refractivity contribution is 9.10. The minimum atomic E-state index is 0.978. The summed E-state index contributed by atoms with van der Waals surface area (Å²) in [6.07, 6.45) is 5.30. The second-order valence-corrected chi connectivity index (χ2v) is 3.34. The molecule has 0 spiro atoms. The molecule has 0 nitrogen and oxygen atoms in total. The summed E-state index contributed by atoms with van der Waals surface area (Å²) in [5.74, 6) is 2.64. The van der Waals surface area contributed by atoms with E-state index in [-0.39, 0.29) is 0 Å². The van der Waals surface area contributed by atoms with Gasteiger partial charge in [-0.15, -0.1) is 6.42 Å². The van der Waals surface area contributed by atoms with Gasteiger partial charge in [-0.2, -0.15) is 0 Å². The Kier molecular flexibility index (Phi) is 2.36. The third kappa shape index (κ3) is 1.46. The second-order valence-electron chi connectivity index (χ2n) is 2.49. The lowest BCUT2D eigenvalue weighted by Crippen LogP contribution is -1.87. The van der Waals surface area contributed by atoms with Gasteiger partial charge in [0.1, 0.15) is 0 Å². The Morgan fingerprint density at radius 1 is 1.27 bits per heavy atom. The quantitative estimate of drug-likeness (QED) is 0.576. The molecule has 11 heavy (non-hydrogen) atoms. The fourth-order valence-electron chi connectivity index (χ4n) is 0.944. The maximum absolute atomic E-state index is 5.30. The molecule has 0 saturated heterocycles. The first-order chi connectivity index (χ1) is 5.16. The normalized spacial score (nSPS) is 9.27. The molecule has 0 aliphatic heterocycles. The molecule has 0 unspecified atom stereocenters. The molecule has 1 rings (SSSR count). The van der Waals surface area contributed by atoms with E-state index in [0.717, 1.165) is 10.0 Å². The van der Waals surface area contributed by atoms with E-state index in [1.165, 1.54) is 11.1 Å². The van der Waals surface area contributed by atoms with E-state index in [4.69, 9.17) is 6.42 Å². The summed E-state index contributed by atoms with van der Waals surface area (Å²) in [4.78, 5) is 0. The number of halogens is 1. The third-order valence-corrected chi connectivity index (χ3v) is 2.74. The van der Waals surface area contributed by atoms with Crippen LogP contribution < -0.4 is 0 Å². The van der Waals surface area contributed by atoms with Crippen LogP contribution in [-0.2, 0) is 0 Å². The van der Waals surface area contributed by atoms with E-state index in [9.17, 15) is 0 Å². The van der Waals surface area contributed by atoms with Gasteiger partial charge in [0, 0.05) is 10.0 Å². The summed E-state index contributed by atoms with van der Waals surface area (Å²) in [6, 6.07) is 3.93. The van der Waals surface area contributed by atoms with Crippen molar-refractivity contribution in [3.63, 3.8) is 0 Å². The van der Waals surface area contributed by atoms with E-state index in [0.29, 0.717) is 0 Å². The lowest BCUT2D eigenvalue weighted by molar-refractivity contribution is 1.30. The number of hydrogen-bond acceptors (Lipinski definition) is 0. The molecule has 1 aromatic rings.